The summed E-state index contributed by atoms with van der Waals surface area (Å²) < 4.78 is 5.87. The highest BCUT2D eigenvalue weighted by Gasteiger charge is 2.26. The number of amides is 1. The van der Waals surface area contributed by atoms with E-state index in [0.717, 1.165) is 75.7 Å². The molecule has 0 radical (unpaired) electrons. The SMILES string of the molecule is CCN(CC)CCNC(=O)C1CCN(Cc2nc(-c3ccc(Cl)cc3)oc2C)CC1. The van der Waals surface area contributed by atoms with Gasteiger partial charge in [-0.15, -0.1) is 0 Å². The van der Waals surface area contributed by atoms with Gasteiger partial charge in [-0.2, -0.15) is 0 Å². The van der Waals surface area contributed by atoms with Gasteiger partial charge in [0, 0.05) is 36.1 Å². The second kappa shape index (κ2) is 10.9. The largest absolute Gasteiger partial charge is 0.441 e. The van der Waals surface area contributed by atoms with Gasteiger partial charge in [0.25, 0.3) is 0 Å². The summed E-state index contributed by atoms with van der Waals surface area (Å²) in [5, 5.41) is 3.81. The van der Waals surface area contributed by atoms with Crippen LogP contribution in [0.5, 0.6) is 0 Å². The molecular weight excluding hydrogens is 400 g/mol. The standard InChI is InChI=1S/C23H33ClN4O2/c1-4-27(5-2)15-12-25-22(29)18-10-13-28(14-11-18)16-21-17(3)30-23(26-21)19-6-8-20(24)9-7-19/h6-9,18H,4-5,10-16H2,1-3H3,(H,25,29). The number of likely N-dealkylation sites (tertiary alicyclic amines) is 1. The van der Waals surface area contributed by atoms with Gasteiger partial charge < -0.3 is 14.6 Å². The first-order valence-corrected chi connectivity index (χ1v) is 11.3. The Balaban J connectivity index is 1.47. The Morgan fingerprint density at radius 1 is 1.23 bits per heavy atom. The number of aromatic nitrogens is 1. The second-order valence-corrected chi connectivity index (χ2v) is 8.33. The molecule has 6 nitrogen and oxygen atoms in total. The average molecular weight is 433 g/mol. The molecule has 1 amide bonds. The monoisotopic (exact) mass is 432 g/mol. The molecule has 2 heterocycles. The number of oxazole rings is 1. The molecule has 1 fully saturated rings. The van der Waals surface area contributed by atoms with Gasteiger partial charge in [-0.1, -0.05) is 25.4 Å². The topological polar surface area (TPSA) is 61.6 Å². The third-order valence-corrected chi connectivity index (χ3v) is 6.19. The maximum atomic E-state index is 12.5. The van der Waals surface area contributed by atoms with Gasteiger partial charge in [0.1, 0.15) is 5.76 Å². The summed E-state index contributed by atoms with van der Waals surface area (Å²) in [7, 11) is 0. The van der Waals surface area contributed by atoms with Crippen molar-refractivity contribution in [2.75, 3.05) is 39.3 Å². The molecule has 1 aliphatic rings. The van der Waals surface area contributed by atoms with Crippen molar-refractivity contribution in [2.45, 2.75) is 40.2 Å². The minimum Gasteiger partial charge on any atom is -0.441 e. The summed E-state index contributed by atoms with van der Waals surface area (Å²) in [6.07, 6.45) is 1.77. The first kappa shape index (κ1) is 22.8. The molecular formula is C23H33ClN4O2. The van der Waals surface area contributed by atoms with Crippen molar-refractivity contribution < 1.29 is 9.21 Å². The van der Waals surface area contributed by atoms with Gasteiger partial charge in [-0.25, -0.2) is 4.98 Å². The van der Waals surface area contributed by atoms with E-state index in [-0.39, 0.29) is 11.8 Å². The minimum absolute atomic E-state index is 0.112. The van der Waals surface area contributed by atoms with Crippen LogP contribution in [-0.4, -0.2) is 60.0 Å². The number of rotatable bonds is 9. The molecule has 30 heavy (non-hydrogen) atoms. The van der Waals surface area contributed by atoms with Crippen LogP contribution in [0.1, 0.15) is 38.1 Å². The number of likely N-dealkylation sites (N-methyl/N-ethyl adjacent to an activating group) is 1. The fraction of sp³-hybridized carbons (Fsp3) is 0.565. The Hall–Kier alpha value is -1.89. The highest BCUT2D eigenvalue weighted by atomic mass is 35.5. The maximum Gasteiger partial charge on any atom is 0.226 e. The van der Waals surface area contributed by atoms with E-state index in [4.69, 9.17) is 21.0 Å². The molecule has 164 valence electrons. The molecule has 7 heteroatoms. The Kier molecular flexibility index (Phi) is 8.31. The average Bonchev–Trinajstić information content (AvgIpc) is 3.12. The molecule has 1 saturated heterocycles. The summed E-state index contributed by atoms with van der Waals surface area (Å²) in [5.74, 6) is 1.78. The Morgan fingerprint density at radius 3 is 2.53 bits per heavy atom. The van der Waals surface area contributed by atoms with Crippen molar-refractivity contribution in [3.63, 3.8) is 0 Å². The van der Waals surface area contributed by atoms with E-state index >= 15 is 0 Å². The number of aryl methyl sites for hydroxylation is 1. The molecule has 0 unspecified atom stereocenters. The maximum absolute atomic E-state index is 12.5. The Bertz CT molecular complexity index is 809. The van der Waals surface area contributed by atoms with Crippen LogP contribution in [-0.2, 0) is 11.3 Å². The van der Waals surface area contributed by atoms with Crippen molar-refractivity contribution in [3.05, 3.63) is 40.7 Å². The van der Waals surface area contributed by atoms with Crippen molar-refractivity contribution in [1.82, 2.24) is 20.1 Å². The molecule has 1 aromatic carbocycles. The number of hydrogen-bond donors (Lipinski definition) is 1. The second-order valence-electron chi connectivity index (χ2n) is 7.90. The van der Waals surface area contributed by atoms with Gasteiger partial charge in [0.15, 0.2) is 0 Å². The van der Waals surface area contributed by atoms with E-state index in [0.29, 0.717) is 10.9 Å². The quantitative estimate of drug-likeness (QED) is 0.649. The first-order valence-electron chi connectivity index (χ1n) is 10.9. The minimum atomic E-state index is 0.112. The van der Waals surface area contributed by atoms with Gasteiger partial charge >= 0.3 is 0 Å². The summed E-state index contributed by atoms with van der Waals surface area (Å²) in [5.41, 5.74) is 1.89. The van der Waals surface area contributed by atoms with Crippen LogP contribution in [0.4, 0.5) is 0 Å². The number of benzene rings is 1. The number of nitrogens with one attached hydrogen (secondary N) is 1. The normalized spacial score (nSPS) is 15.6. The van der Waals surface area contributed by atoms with Crippen LogP contribution >= 0.6 is 11.6 Å². The summed E-state index contributed by atoms with van der Waals surface area (Å²) in [4.78, 5) is 21.8. The predicted octanol–water partition coefficient (Wildman–Crippen LogP) is 3.97. The molecule has 1 N–H and O–H groups in total. The zero-order valence-electron chi connectivity index (χ0n) is 18.3. The molecule has 0 aliphatic carbocycles. The Morgan fingerprint density at radius 2 is 1.90 bits per heavy atom. The molecule has 0 spiro atoms. The van der Waals surface area contributed by atoms with Crippen LogP contribution in [0.3, 0.4) is 0 Å². The number of carbonyl (C=O) groups excluding carboxylic acids is 1. The fourth-order valence-electron chi connectivity index (χ4n) is 3.88. The molecule has 0 bridgehead atoms. The fourth-order valence-corrected chi connectivity index (χ4v) is 4.00. The van der Waals surface area contributed by atoms with E-state index in [9.17, 15) is 4.79 Å². The van der Waals surface area contributed by atoms with Gasteiger partial charge in [0.05, 0.1) is 5.69 Å². The molecule has 1 aliphatic heterocycles. The zero-order chi connectivity index (χ0) is 21.5. The Labute approximate surface area is 184 Å². The number of nitrogens with zero attached hydrogens (tertiary/aromatic N) is 3. The predicted molar refractivity (Wildman–Crippen MR) is 120 cm³/mol. The van der Waals surface area contributed by atoms with Crippen molar-refractivity contribution in [2.24, 2.45) is 5.92 Å². The van der Waals surface area contributed by atoms with Crippen LogP contribution in [0.2, 0.25) is 5.02 Å². The van der Waals surface area contributed by atoms with Crippen LogP contribution in [0.15, 0.2) is 28.7 Å². The zero-order valence-corrected chi connectivity index (χ0v) is 19.0. The van der Waals surface area contributed by atoms with Gasteiger partial charge in [0.2, 0.25) is 11.8 Å². The van der Waals surface area contributed by atoms with Crippen molar-refractivity contribution in [3.8, 4) is 11.5 Å². The van der Waals surface area contributed by atoms with Gasteiger partial charge in [-0.3, -0.25) is 9.69 Å². The molecule has 0 atom stereocenters. The molecule has 0 saturated carbocycles. The highest BCUT2D eigenvalue weighted by Crippen LogP contribution is 2.25. The summed E-state index contributed by atoms with van der Waals surface area (Å²) in [6, 6.07) is 7.52. The van der Waals surface area contributed by atoms with E-state index in [2.05, 4.69) is 29.0 Å². The highest BCUT2D eigenvalue weighted by molar-refractivity contribution is 6.30. The molecule has 2 aromatic rings. The van der Waals surface area contributed by atoms with Crippen molar-refractivity contribution in [1.29, 1.82) is 0 Å². The lowest BCUT2D eigenvalue weighted by molar-refractivity contribution is -0.126. The summed E-state index contributed by atoms with van der Waals surface area (Å²) in [6.45, 7) is 12.5. The smallest absolute Gasteiger partial charge is 0.226 e. The third-order valence-electron chi connectivity index (χ3n) is 5.94. The van der Waals surface area contributed by atoms with E-state index in [1.165, 1.54) is 0 Å². The number of halogens is 1. The van der Waals surface area contributed by atoms with Crippen LogP contribution in [0, 0.1) is 12.8 Å². The lowest BCUT2D eigenvalue weighted by atomic mass is 9.96. The van der Waals surface area contributed by atoms with Crippen LogP contribution < -0.4 is 5.32 Å². The van der Waals surface area contributed by atoms with E-state index < -0.39 is 0 Å². The number of carbonyl (C=O) groups is 1. The lowest BCUT2D eigenvalue weighted by Crippen LogP contribution is -2.42. The van der Waals surface area contributed by atoms with Gasteiger partial charge in [-0.05, 0) is 70.2 Å². The van der Waals surface area contributed by atoms with E-state index in [1.807, 2.05) is 31.2 Å². The molecule has 3 rings (SSSR count). The van der Waals surface area contributed by atoms with E-state index in [1.54, 1.807) is 0 Å². The molecule has 1 aromatic heterocycles. The third kappa shape index (κ3) is 6.06. The lowest BCUT2D eigenvalue weighted by Gasteiger charge is -2.31. The first-order chi connectivity index (χ1) is 14.5. The number of hydrogen-bond acceptors (Lipinski definition) is 5. The van der Waals surface area contributed by atoms with Crippen LogP contribution in [0.25, 0.3) is 11.5 Å². The summed E-state index contributed by atoms with van der Waals surface area (Å²) >= 11 is 5.97. The number of piperidine rings is 1. The van der Waals surface area contributed by atoms with Crippen molar-refractivity contribution >= 4 is 17.5 Å².